The van der Waals surface area contributed by atoms with Crippen molar-refractivity contribution in [2.75, 3.05) is 4.90 Å². The van der Waals surface area contributed by atoms with E-state index in [2.05, 4.69) is 276 Å². The summed E-state index contributed by atoms with van der Waals surface area (Å²) in [4.78, 5) is 2.43. The Hall–Kier alpha value is -8.72. The summed E-state index contributed by atoms with van der Waals surface area (Å²) < 4.78 is 2.45. The molecule has 0 bridgehead atoms. The molecule has 66 heavy (non-hydrogen) atoms. The highest BCUT2D eigenvalue weighted by molar-refractivity contribution is 6.17. The van der Waals surface area contributed by atoms with Crippen molar-refractivity contribution in [2.24, 2.45) is 0 Å². The molecule has 0 radical (unpaired) electrons. The molecule has 2 heteroatoms. The molecule has 0 saturated heterocycles. The van der Waals surface area contributed by atoms with Crippen LogP contribution in [-0.2, 0) is 0 Å². The summed E-state index contributed by atoms with van der Waals surface area (Å²) in [7, 11) is 0. The molecule has 11 aromatic carbocycles. The van der Waals surface area contributed by atoms with Crippen molar-refractivity contribution in [1.29, 1.82) is 0 Å². The van der Waals surface area contributed by atoms with Gasteiger partial charge in [0.1, 0.15) is 0 Å². The Kier molecular flexibility index (Phi) is 9.89. The lowest BCUT2D eigenvalue weighted by atomic mass is 9.96. The smallest absolute Gasteiger partial charge is 0.0547 e. The van der Waals surface area contributed by atoms with Crippen LogP contribution >= 0.6 is 0 Å². The highest BCUT2D eigenvalue weighted by Gasteiger charge is 2.22. The lowest BCUT2D eigenvalue weighted by Crippen LogP contribution is -2.11. The summed E-state index contributed by atoms with van der Waals surface area (Å²) in [5.41, 5.74) is 18.6. The number of benzene rings is 11. The zero-order valence-electron chi connectivity index (χ0n) is 36.3. The molecule has 0 atom stereocenters. The first-order valence-corrected chi connectivity index (χ1v) is 22.7. The molecule has 0 fully saturated rings. The molecule has 310 valence electrons. The number of nitrogens with zero attached hydrogens (tertiary/aromatic N) is 2. The molecule has 12 aromatic rings. The molecule has 0 aliphatic carbocycles. The molecule has 1 aromatic heterocycles. The molecule has 0 saturated carbocycles. The average molecular weight is 841 g/mol. The van der Waals surface area contributed by atoms with Gasteiger partial charge in [-0.1, -0.05) is 212 Å². The van der Waals surface area contributed by atoms with Crippen molar-refractivity contribution in [3.63, 3.8) is 0 Å². The van der Waals surface area contributed by atoms with Gasteiger partial charge in [0.2, 0.25) is 0 Å². The third kappa shape index (κ3) is 7.02. The van der Waals surface area contributed by atoms with E-state index in [1.54, 1.807) is 0 Å². The maximum atomic E-state index is 2.45. The normalized spacial score (nSPS) is 11.3. The first kappa shape index (κ1) is 38.9. The fourth-order valence-corrected chi connectivity index (χ4v) is 9.84. The predicted molar refractivity (Wildman–Crippen MR) is 280 cm³/mol. The van der Waals surface area contributed by atoms with Gasteiger partial charge in [0.25, 0.3) is 0 Å². The summed E-state index contributed by atoms with van der Waals surface area (Å²) in [6, 6.07) is 96.9. The number of aromatic nitrogens is 1. The van der Waals surface area contributed by atoms with Crippen molar-refractivity contribution in [2.45, 2.75) is 0 Å². The molecular formula is C64H44N2. The molecule has 2 nitrogen and oxygen atoms in total. The Morgan fingerprint density at radius 2 is 0.788 bits per heavy atom. The first-order valence-electron chi connectivity index (χ1n) is 22.7. The van der Waals surface area contributed by atoms with Crippen LogP contribution in [0.3, 0.4) is 0 Å². The monoisotopic (exact) mass is 840 g/mol. The minimum absolute atomic E-state index is 1.08. The van der Waals surface area contributed by atoms with Crippen LogP contribution in [-0.4, -0.2) is 4.57 Å². The van der Waals surface area contributed by atoms with E-state index < -0.39 is 0 Å². The standard InChI is InChI=1S/C64H44N2/c1-3-17-45(18-4-1)52-23-15-24-55(44-52)65(54-41-39-48(40-42-54)47-33-35-49(36-34-47)53-38-37-46-19-7-8-22-51(46)43-53)61-30-13-10-26-57(61)58-28-16-32-63-64(58)59-27-11-14-31-62(59)66(63)60-29-12-9-25-56(60)50-20-5-2-6-21-50/h1-44H. The first-order chi connectivity index (χ1) is 32.7. The summed E-state index contributed by atoms with van der Waals surface area (Å²) >= 11 is 0. The van der Waals surface area contributed by atoms with Crippen LogP contribution in [0, 0.1) is 0 Å². The van der Waals surface area contributed by atoms with Crippen LogP contribution in [0.4, 0.5) is 17.1 Å². The van der Waals surface area contributed by atoms with Gasteiger partial charge in [-0.2, -0.15) is 0 Å². The van der Waals surface area contributed by atoms with Crippen LogP contribution < -0.4 is 4.90 Å². The Bertz CT molecular complexity index is 3680. The van der Waals surface area contributed by atoms with Crippen molar-refractivity contribution in [1.82, 2.24) is 4.57 Å². The van der Waals surface area contributed by atoms with E-state index in [0.29, 0.717) is 0 Å². The highest BCUT2D eigenvalue weighted by Crippen LogP contribution is 2.46. The molecule has 1 heterocycles. The van der Waals surface area contributed by atoms with Gasteiger partial charge in [-0.15, -0.1) is 0 Å². The summed E-state index contributed by atoms with van der Waals surface area (Å²) in [6.45, 7) is 0. The second kappa shape index (κ2) is 16.8. The summed E-state index contributed by atoms with van der Waals surface area (Å²) in [6.07, 6.45) is 0. The average Bonchev–Trinajstić information content (AvgIpc) is 3.74. The molecule has 0 N–H and O–H groups in total. The number of hydrogen-bond acceptors (Lipinski definition) is 1. The predicted octanol–water partition coefficient (Wildman–Crippen LogP) is 17.7. The molecule has 0 aliphatic heterocycles. The second-order valence-electron chi connectivity index (χ2n) is 16.9. The van der Waals surface area contributed by atoms with Crippen molar-refractivity contribution < 1.29 is 0 Å². The van der Waals surface area contributed by atoms with E-state index in [9.17, 15) is 0 Å². The van der Waals surface area contributed by atoms with Gasteiger partial charge in [0.15, 0.2) is 0 Å². The SMILES string of the molecule is c1ccc(-c2cccc(N(c3ccc(-c4ccc(-c5ccc6ccccc6c5)cc4)cc3)c3ccccc3-c3cccc4c3c3ccccc3n4-c3ccccc3-c3ccccc3)c2)cc1. The topological polar surface area (TPSA) is 8.17 Å². The van der Waals surface area contributed by atoms with Crippen LogP contribution in [0.1, 0.15) is 0 Å². The van der Waals surface area contributed by atoms with Gasteiger partial charge >= 0.3 is 0 Å². The third-order valence-corrected chi connectivity index (χ3v) is 13.0. The summed E-state index contributed by atoms with van der Waals surface area (Å²) in [5.74, 6) is 0. The largest absolute Gasteiger partial charge is 0.310 e. The maximum absolute atomic E-state index is 2.45. The number of hydrogen-bond donors (Lipinski definition) is 0. The van der Waals surface area contributed by atoms with Gasteiger partial charge in [-0.05, 0) is 110 Å². The molecule has 12 rings (SSSR count). The van der Waals surface area contributed by atoms with Gasteiger partial charge in [0.05, 0.1) is 22.4 Å². The molecule has 0 unspecified atom stereocenters. The Labute approximate surface area is 385 Å². The van der Waals surface area contributed by atoms with E-state index in [4.69, 9.17) is 0 Å². The molecular weight excluding hydrogens is 797 g/mol. The van der Waals surface area contributed by atoms with Crippen LogP contribution in [0.5, 0.6) is 0 Å². The zero-order valence-corrected chi connectivity index (χ0v) is 36.3. The van der Waals surface area contributed by atoms with Crippen molar-refractivity contribution in [3.05, 3.63) is 267 Å². The lowest BCUT2D eigenvalue weighted by molar-refractivity contribution is 1.18. The minimum atomic E-state index is 1.08. The van der Waals surface area contributed by atoms with Crippen LogP contribution in [0.15, 0.2) is 267 Å². The fraction of sp³-hybridized carbons (Fsp3) is 0. The second-order valence-corrected chi connectivity index (χ2v) is 16.9. The minimum Gasteiger partial charge on any atom is -0.310 e. The van der Waals surface area contributed by atoms with Crippen molar-refractivity contribution in [3.8, 4) is 61.3 Å². The number of rotatable bonds is 9. The number of fused-ring (bicyclic) bond motifs is 4. The Balaban J connectivity index is 0.997. The lowest BCUT2D eigenvalue weighted by Gasteiger charge is -2.28. The van der Waals surface area contributed by atoms with Gasteiger partial charge in [0, 0.05) is 33.3 Å². The molecule has 0 amide bonds. The van der Waals surface area contributed by atoms with Gasteiger partial charge in [-0.25, -0.2) is 0 Å². The van der Waals surface area contributed by atoms with E-state index in [1.807, 2.05) is 0 Å². The Morgan fingerprint density at radius 1 is 0.273 bits per heavy atom. The third-order valence-electron chi connectivity index (χ3n) is 13.0. The maximum Gasteiger partial charge on any atom is 0.0547 e. The quantitative estimate of drug-likeness (QED) is 0.141. The van der Waals surface area contributed by atoms with E-state index in [1.165, 1.54) is 82.6 Å². The van der Waals surface area contributed by atoms with Crippen LogP contribution in [0.25, 0.3) is 93.9 Å². The van der Waals surface area contributed by atoms with Gasteiger partial charge < -0.3 is 9.47 Å². The molecule has 0 aliphatic rings. The fourth-order valence-electron chi connectivity index (χ4n) is 9.84. The number of anilines is 3. The highest BCUT2D eigenvalue weighted by atomic mass is 15.1. The van der Waals surface area contributed by atoms with E-state index >= 15 is 0 Å². The van der Waals surface area contributed by atoms with Crippen molar-refractivity contribution >= 4 is 49.6 Å². The van der Waals surface area contributed by atoms with Gasteiger partial charge in [-0.3, -0.25) is 0 Å². The van der Waals surface area contributed by atoms with E-state index in [0.717, 1.165) is 28.3 Å². The number of para-hydroxylation sites is 3. The zero-order chi connectivity index (χ0) is 43.8. The Morgan fingerprint density at radius 3 is 1.58 bits per heavy atom. The van der Waals surface area contributed by atoms with Crippen LogP contribution in [0.2, 0.25) is 0 Å². The molecule has 0 spiro atoms. The summed E-state index contributed by atoms with van der Waals surface area (Å²) in [5, 5.41) is 4.95. The van der Waals surface area contributed by atoms with E-state index in [-0.39, 0.29) is 0 Å².